The van der Waals surface area contributed by atoms with Crippen LogP contribution in [-0.2, 0) is 9.47 Å². The fraction of sp³-hybridized carbons (Fsp3) is 0.562. The Bertz CT molecular complexity index is 738. The van der Waals surface area contributed by atoms with Gasteiger partial charge < -0.3 is 19.3 Å². The summed E-state index contributed by atoms with van der Waals surface area (Å²) >= 11 is 6.08. The average molecular weight is 350 g/mol. The average Bonchev–Trinajstić information content (AvgIpc) is 2.61. The molecule has 0 spiro atoms. The van der Waals surface area contributed by atoms with Gasteiger partial charge in [-0.15, -0.1) is 0 Å². The molecule has 2 fully saturated rings. The third-order valence-electron chi connectivity index (χ3n) is 4.43. The van der Waals surface area contributed by atoms with Gasteiger partial charge in [-0.05, 0) is 19.1 Å². The number of rotatable bonds is 2. The molecule has 7 nitrogen and oxygen atoms in total. The number of aromatic nitrogens is 3. The first kappa shape index (κ1) is 15.8. The highest BCUT2D eigenvalue weighted by atomic mass is 35.5. The van der Waals surface area contributed by atoms with E-state index in [-0.39, 0.29) is 6.04 Å². The summed E-state index contributed by atoms with van der Waals surface area (Å²) < 4.78 is 11.0. The van der Waals surface area contributed by atoms with E-state index in [0.29, 0.717) is 43.2 Å². The predicted molar refractivity (Wildman–Crippen MR) is 93.0 cm³/mol. The summed E-state index contributed by atoms with van der Waals surface area (Å²) in [6, 6.07) is 3.96. The largest absolute Gasteiger partial charge is 0.378 e. The molecule has 0 radical (unpaired) electrons. The van der Waals surface area contributed by atoms with Crippen LogP contribution in [-0.4, -0.2) is 67.1 Å². The zero-order chi connectivity index (χ0) is 16.5. The van der Waals surface area contributed by atoms with Crippen molar-refractivity contribution < 1.29 is 9.47 Å². The molecule has 2 aromatic rings. The number of morpholine rings is 2. The van der Waals surface area contributed by atoms with Crippen molar-refractivity contribution in [3.05, 3.63) is 17.3 Å². The maximum atomic E-state index is 6.08. The van der Waals surface area contributed by atoms with Crippen molar-refractivity contribution in [2.24, 2.45) is 0 Å². The number of hydrogen-bond donors (Lipinski definition) is 0. The van der Waals surface area contributed by atoms with Crippen LogP contribution in [0.2, 0.25) is 5.15 Å². The summed E-state index contributed by atoms with van der Waals surface area (Å²) in [6.07, 6.45) is 0. The van der Waals surface area contributed by atoms with Crippen molar-refractivity contribution in [3.63, 3.8) is 0 Å². The summed E-state index contributed by atoms with van der Waals surface area (Å²) in [7, 11) is 0. The van der Waals surface area contributed by atoms with Gasteiger partial charge in [-0.3, -0.25) is 0 Å². The lowest BCUT2D eigenvalue weighted by molar-refractivity contribution is 0.0981. The standard InChI is InChI=1S/C16H20ClN5O2/c1-11-10-24-9-6-22(11)16-19-14-12(2-3-13(17)18-14)15(20-16)21-4-7-23-8-5-21/h2-3,11H,4-10H2,1H3. The molecule has 128 valence electrons. The molecule has 0 aliphatic carbocycles. The van der Waals surface area contributed by atoms with E-state index in [1.54, 1.807) is 6.07 Å². The highest BCUT2D eigenvalue weighted by molar-refractivity contribution is 6.29. The second kappa shape index (κ2) is 6.66. The Labute approximate surface area is 145 Å². The van der Waals surface area contributed by atoms with Crippen molar-refractivity contribution in [1.29, 1.82) is 0 Å². The molecule has 0 saturated carbocycles. The summed E-state index contributed by atoms with van der Waals surface area (Å²) in [5, 5.41) is 1.36. The number of halogens is 1. The van der Waals surface area contributed by atoms with Crippen molar-refractivity contribution in [2.75, 3.05) is 55.9 Å². The van der Waals surface area contributed by atoms with E-state index in [9.17, 15) is 0 Å². The first-order chi connectivity index (χ1) is 11.7. The number of nitrogens with zero attached hydrogens (tertiary/aromatic N) is 5. The third kappa shape index (κ3) is 2.99. The van der Waals surface area contributed by atoms with Gasteiger partial charge in [-0.25, -0.2) is 4.98 Å². The number of pyridine rings is 1. The third-order valence-corrected chi connectivity index (χ3v) is 4.64. The van der Waals surface area contributed by atoms with Gasteiger partial charge in [0, 0.05) is 19.6 Å². The van der Waals surface area contributed by atoms with E-state index >= 15 is 0 Å². The first-order valence-electron chi connectivity index (χ1n) is 8.24. The van der Waals surface area contributed by atoms with Gasteiger partial charge in [0.25, 0.3) is 0 Å². The summed E-state index contributed by atoms with van der Waals surface area (Å²) in [5.74, 6) is 1.59. The van der Waals surface area contributed by atoms with Crippen LogP contribution in [0.4, 0.5) is 11.8 Å². The Hall–Kier alpha value is -1.70. The minimum absolute atomic E-state index is 0.230. The quantitative estimate of drug-likeness (QED) is 0.765. The first-order valence-corrected chi connectivity index (χ1v) is 8.61. The molecule has 4 heterocycles. The fourth-order valence-electron chi connectivity index (χ4n) is 3.13. The molecule has 2 aromatic heterocycles. The highest BCUT2D eigenvalue weighted by Gasteiger charge is 2.25. The monoisotopic (exact) mass is 349 g/mol. The topological polar surface area (TPSA) is 63.6 Å². The molecule has 2 aliphatic rings. The minimum Gasteiger partial charge on any atom is -0.378 e. The van der Waals surface area contributed by atoms with Crippen LogP contribution in [0.5, 0.6) is 0 Å². The van der Waals surface area contributed by atoms with Crippen LogP contribution in [0.1, 0.15) is 6.92 Å². The van der Waals surface area contributed by atoms with Gasteiger partial charge in [0.15, 0.2) is 5.65 Å². The molecule has 24 heavy (non-hydrogen) atoms. The molecule has 1 atom stereocenters. The maximum absolute atomic E-state index is 6.08. The number of ether oxygens (including phenoxy) is 2. The Morgan fingerprint density at radius 2 is 1.83 bits per heavy atom. The number of hydrogen-bond acceptors (Lipinski definition) is 7. The van der Waals surface area contributed by atoms with E-state index in [4.69, 9.17) is 26.1 Å². The molecule has 0 amide bonds. The van der Waals surface area contributed by atoms with Crippen LogP contribution < -0.4 is 9.80 Å². The Kier molecular flexibility index (Phi) is 4.39. The predicted octanol–water partition coefficient (Wildman–Crippen LogP) is 1.74. The maximum Gasteiger partial charge on any atom is 0.229 e. The van der Waals surface area contributed by atoms with Gasteiger partial charge in [0.2, 0.25) is 5.95 Å². The van der Waals surface area contributed by atoms with E-state index in [1.165, 1.54) is 0 Å². The van der Waals surface area contributed by atoms with E-state index in [0.717, 1.165) is 30.8 Å². The minimum atomic E-state index is 0.230. The van der Waals surface area contributed by atoms with E-state index in [1.807, 2.05) is 6.07 Å². The second-order valence-corrected chi connectivity index (χ2v) is 6.46. The van der Waals surface area contributed by atoms with Crippen LogP contribution in [0.15, 0.2) is 12.1 Å². The lowest BCUT2D eigenvalue weighted by Gasteiger charge is -2.34. The van der Waals surface area contributed by atoms with Gasteiger partial charge in [0.1, 0.15) is 11.0 Å². The van der Waals surface area contributed by atoms with Crippen LogP contribution in [0, 0.1) is 0 Å². The lowest BCUT2D eigenvalue weighted by Crippen LogP contribution is -2.45. The fourth-order valence-corrected chi connectivity index (χ4v) is 3.27. The van der Waals surface area contributed by atoms with E-state index in [2.05, 4.69) is 26.7 Å². The van der Waals surface area contributed by atoms with Crippen LogP contribution in [0.25, 0.3) is 11.0 Å². The molecule has 1 unspecified atom stereocenters. The number of fused-ring (bicyclic) bond motifs is 1. The molecular formula is C16H20ClN5O2. The van der Waals surface area contributed by atoms with E-state index < -0.39 is 0 Å². The van der Waals surface area contributed by atoms with Gasteiger partial charge in [-0.2, -0.15) is 9.97 Å². The smallest absolute Gasteiger partial charge is 0.229 e. The molecule has 0 aromatic carbocycles. The zero-order valence-electron chi connectivity index (χ0n) is 13.6. The normalized spacial score (nSPS) is 22.2. The second-order valence-electron chi connectivity index (χ2n) is 6.07. The molecular weight excluding hydrogens is 330 g/mol. The lowest BCUT2D eigenvalue weighted by atomic mass is 10.2. The Morgan fingerprint density at radius 1 is 1.04 bits per heavy atom. The van der Waals surface area contributed by atoms with Gasteiger partial charge in [-0.1, -0.05) is 11.6 Å². The van der Waals surface area contributed by atoms with Crippen molar-refractivity contribution in [1.82, 2.24) is 15.0 Å². The zero-order valence-corrected chi connectivity index (χ0v) is 14.4. The van der Waals surface area contributed by atoms with Crippen LogP contribution >= 0.6 is 11.6 Å². The van der Waals surface area contributed by atoms with Crippen molar-refractivity contribution in [3.8, 4) is 0 Å². The molecule has 2 saturated heterocycles. The summed E-state index contributed by atoms with van der Waals surface area (Å²) in [4.78, 5) is 18.4. The van der Waals surface area contributed by atoms with Gasteiger partial charge in [0.05, 0.1) is 37.9 Å². The molecule has 4 rings (SSSR count). The molecule has 0 bridgehead atoms. The Balaban J connectivity index is 1.82. The van der Waals surface area contributed by atoms with Crippen LogP contribution in [0.3, 0.4) is 0 Å². The summed E-state index contributed by atoms with van der Waals surface area (Å²) in [5.41, 5.74) is 0.632. The summed E-state index contributed by atoms with van der Waals surface area (Å²) in [6.45, 7) is 7.28. The Morgan fingerprint density at radius 3 is 2.62 bits per heavy atom. The van der Waals surface area contributed by atoms with Gasteiger partial charge >= 0.3 is 0 Å². The molecule has 0 N–H and O–H groups in total. The van der Waals surface area contributed by atoms with Crippen molar-refractivity contribution in [2.45, 2.75) is 13.0 Å². The SMILES string of the molecule is CC1COCCN1c1nc(N2CCOCC2)c2ccc(Cl)nc2n1. The molecule has 2 aliphatic heterocycles. The highest BCUT2D eigenvalue weighted by Crippen LogP contribution is 2.28. The molecule has 8 heteroatoms. The van der Waals surface area contributed by atoms with Crippen molar-refractivity contribution >= 4 is 34.4 Å². The number of anilines is 2.